The van der Waals surface area contributed by atoms with Crippen molar-refractivity contribution in [3.8, 4) is 50.2 Å². The van der Waals surface area contributed by atoms with Gasteiger partial charge in [-0.2, -0.15) is 0 Å². The van der Waals surface area contributed by atoms with Crippen LogP contribution in [-0.2, 0) is 5.41 Å². The van der Waals surface area contributed by atoms with E-state index >= 15 is 0 Å². The van der Waals surface area contributed by atoms with Crippen LogP contribution in [0.1, 0.15) is 25.0 Å². The van der Waals surface area contributed by atoms with Crippen molar-refractivity contribution in [3.63, 3.8) is 0 Å². The number of aromatic nitrogens is 1. The van der Waals surface area contributed by atoms with Crippen molar-refractivity contribution in [2.45, 2.75) is 19.3 Å². The summed E-state index contributed by atoms with van der Waals surface area (Å²) in [5, 5.41) is 2.47. The van der Waals surface area contributed by atoms with Gasteiger partial charge in [0.2, 0.25) is 0 Å². The topological polar surface area (TPSA) is 8.17 Å². The number of para-hydroxylation sites is 2. The van der Waals surface area contributed by atoms with Crippen LogP contribution in [0, 0.1) is 0 Å². The van der Waals surface area contributed by atoms with Gasteiger partial charge in [-0.25, -0.2) is 0 Å². The number of hydrogen-bond acceptors (Lipinski definition) is 1. The van der Waals surface area contributed by atoms with Gasteiger partial charge in [-0.05, 0) is 87.0 Å². The smallest absolute Gasteiger partial charge is 0.0561 e. The summed E-state index contributed by atoms with van der Waals surface area (Å²) in [4.78, 5) is 2.55. The zero-order valence-electron chi connectivity index (χ0n) is 33.2. The molecule has 1 heterocycles. The zero-order chi connectivity index (χ0) is 39.5. The third kappa shape index (κ3) is 5.56. The summed E-state index contributed by atoms with van der Waals surface area (Å²) >= 11 is 0. The maximum atomic E-state index is 2.55. The van der Waals surface area contributed by atoms with Crippen LogP contribution in [0.15, 0.2) is 218 Å². The minimum Gasteiger partial charge on any atom is -0.309 e. The van der Waals surface area contributed by atoms with E-state index < -0.39 is 0 Å². The molecule has 9 aromatic carbocycles. The van der Waals surface area contributed by atoms with E-state index in [9.17, 15) is 0 Å². The first-order valence-corrected chi connectivity index (χ1v) is 20.5. The van der Waals surface area contributed by atoms with E-state index in [0.29, 0.717) is 0 Å². The molecule has 0 amide bonds. The summed E-state index contributed by atoms with van der Waals surface area (Å²) < 4.78 is 2.42. The van der Waals surface area contributed by atoms with Crippen LogP contribution in [0.3, 0.4) is 0 Å². The molecule has 0 radical (unpaired) electrons. The molecule has 2 nitrogen and oxygen atoms in total. The average molecular weight is 755 g/mol. The second-order valence-electron chi connectivity index (χ2n) is 16.1. The van der Waals surface area contributed by atoms with Crippen LogP contribution in [0.2, 0.25) is 0 Å². The van der Waals surface area contributed by atoms with Gasteiger partial charge in [-0.1, -0.05) is 190 Å². The molecule has 1 aliphatic carbocycles. The molecule has 0 bridgehead atoms. The number of rotatable bonds is 7. The molecule has 0 fully saturated rings. The maximum Gasteiger partial charge on any atom is 0.0561 e. The highest BCUT2D eigenvalue weighted by atomic mass is 15.2. The second kappa shape index (κ2) is 13.9. The molecular formula is C57H42N2. The molecule has 0 aliphatic heterocycles. The van der Waals surface area contributed by atoms with Gasteiger partial charge in [0.05, 0.1) is 22.4 Å². The maximum absolute atomic E-state index is 2.55. The molecule has 11 rings (SSSR count). The number of nitrogens with zero attached hydrogens (tertiary/aromatic N) is 2. The average Bonchev–Trinajstić information content (AvgIpc) is 3.75. The lowest BCUT2D eigenvalue weighted by molar-refractivity contribution is 0.660. The predicted octanol–water partition coefficient (Wildman–Crippen LogP) is 15.6. The lowest BCUT2D eigenvalue weighted by Gasteiger charge is -2.32. The van der Waals surface area contributed by atoms with Gasteiger partial charge < -0.3 is 9.47 Å². The standard InChI is InChI=1S/C57H42N2/c1-57(2)49-31-16-14-29-48(49)56-50(57)32-19-35-53(56)59(42-36-37-46-45-27-15-17-33-51(45)58(54(46)38-42)41-24-10-5-11-25-41)52-34-18-30-44(40-22-8-4-9-23-40)55(52)47-28-13-12-26-43(47)39-20-6-3-7-21-39/h3-38H,1-2H3. The lowest BCUT2D eigenvalue weighted by atomic mass is 9.82. The first-order valence-electron chi connectivity index (χ1n) is 20.5. The summed E-state index contributed by atoms with van der Waals surface area (Å²) in [6.45, 7) is 4.74. The van der Waals surface area contributed by atoms with E-state index in [0.717, 1.165) is 22.7 Å². The molecule has 0 atom stereocenters. The van der Waals surface area contributed by atoms with Crippen LogP contribution < -0.4 is 4.90 Å². The first kappa shape index (κ1) is 34.8. The number of anilines is 3. The Morgan fingerprint density at radius 1 is 0.373 bits per heavy atom. The highest BCUT2D eigenvalue weighted by Gasteiger charge is 2.38. The van der Waals surface area contributed by atoms with E-state index in [1.807, 2.05) is 0 Å². The number of fused-ring (bicyclic) bond motifs is 6. The van der Waals surface area contributed by atoms with E-state index in [2.05, 4.69) is 242 Å². The first-order chi connectivity index (χ1) is 29.1. The molecule has 0 unspecified atom stereocenters. The molecule has 0 saturated heterocycles. The minimum absolute atomic E-state index is 0.161. The highest BCUT2D eigenvalue weighted by Crippen LogP contribution is 2.56. The third-order valence-electron chi connectivity index (χ3n) is 12.4. The Kier molecular flexibility index (Phi) is 8.20. The van der Waals surface area contributed by atoms with Gasteiger partial charge in [-0.15, -0.1) is 0 Å². The molecule has 2 heteroatoms. The van der Waals surface area contributed by atoms with Crippen LogP contribution in [0.25, 0.3) is 72.0 Å². The molecule has 1 aliphatic rings. The fourth-order valence-corrected chi connectivity index (χ4v) is 9.72. The van der Waals surface area contributed by atoms with Crippen molar-refractivity contribution in [1.29, 1.82) is 0 Å². The van der Waals surface area contributed by atoms with Crippen molar-refractivity contribution in [2.75, 3.05) is 4.90 Å². The Morgan fingerprint density at radius 2 is 0.898 bits per heavy atom. The van der Waals surface area contributed by atoms with Crippen molar-refractivity contribution < 1.29 is 0 Å². The molecule has 280 valence electrons. The van der Waals surface area contributed by atoms with Crippen LogP contribution >= 0.6 is 0 Å². The van der Waals surface area contributed by atoms with Gasteiger partial charge in [0.1, 0.15) is 0 Å². The monoisotopic (exact) mass is 754 g/mol. The third-order valence-corrected chi connectivity index (χ3v) is 12.4. The van der Waals surface area contributed by atoms with Crippen molar-refractivity contribution in [3.05, 3.63) is 230 Å². The summed E-state index contributed by atoms with van der Waals surface area (Å²) in [6, 6.07) is 80.0. The molecule has 0 saturated carbocycles. The SMILES string of the molecule is CC1(C)c2ccccc2-c2c(N(c3ccc4c5ccccc5n(-c5ccccc5)c4c3)c3cccc(-c4ccccc4)c3-c3ccccc3-c3ccccc3)cccc21. The Balaban J connectivity index is 1.28. The molecule has 0 N–H and O–H groups in total. The van der Waals surface area contributed by atoms with Crippen molar-refractivity contribution in [1.82, 2.24) is 4.57 Å². The van der Waals surface area contributed by atoms with Gasteiger partial charge in [0.25, 0.3) is 0 Å². The fraction of sp³-hybridized carbons (Fsp3) is 0.0526. The molecule has 10 aromatic rings. The van der Waals surface area contributed by atoms with Gasteiger partial charge in [0, 0.05) is 38.7 Å². The Morgan fingerprint density at radius 3 is 1.64 bits per heavy atom. The van der Waals surface area contributed by atoms with Gasteiger partial charge in [0.15, 0.2) is 0 Å². The van der Waals surface area contributed by atoms with Crippen molar-refractivity contribution in [2.24, 2.45) is 0 Å². The van der Waals surface area contributed by atoms with E-state index in [-0.39, 0.29) is 5.41 Å². The fourth-order valence-electron chi connectivity index (χ4n) is 9.72. The van der Waals surface area contributed by atoms with Gasteiger partial charge in [-0.3, -0.25) is 0 Å². The second-order valence-corrected chi connectivity index (χ2v) is 16.1. The van der Waals surface area contributed by atoms with E-state index in [1.165, 1.54) is 77.4 Å². The quantitative estimate of drug-likeness (QED) is 0.157. The number of benzene rings is 9. The summed E-state index contributed by atoms with van der Waals surface area (Å²) in [5.74, 6) is 0. The zero-order valence-corrected chi connectivity index (χ0v) is 33.2. The Labute approximate surface area is 345 Å². The Hall–Kier alpha value is -7.42. The summed E-state index contributed by atoms with van der Waals surface area (Å²) in [5.41, 5.74) is 19.1. The van der Waals surface area contributed by atoms with Gasteiger partial charge >= 0.3 is 0 Å². The largest absolute Gasteiger partial charge is 0.309 e. The lowest BCUT2D eigenvalue weighted by Crippen LogP contribution is -2.16. The van der Waals surface area contributed by atoms with E-state index in [4.69, 9.17) is 0 Å². The van der Waals surface area contributed by atoms with E-state index in [1.54, 1.807) is 0 Å². The van der Waals surface area contributed by atoms with Crippen LogP contribution in [0.5, 0.6) is 0 Å². The number of hydrogen-bond donors (Lipinski definition) is 0. The van der Waals surface area contributed by atoms with Crippen molar-refractivity contribution >= 4 is 38.9 Å². The Bertz CT molecular complexity index is 3170. The predicted molar refractivity (Wildman–Crippen MR) is 249 cm³/mol. The highest BCUT2D eigenvalue weighted by molar-refractivity contribution is 6.11. The minimum atomic E-state index is -0.161. The van der Waals surface area contributed by atoms with Crippen LogP contribution in [0.4, 0.5) is 17.1 Å². The molecule has 1 aromatic heterocycles. The summed E-state index contributed by atoms with van der Waals surface area (Å²) in [6.07, 6.45) is 0. The molecular weight excluding hydrogens is 713 g/mol. The molecule has 59 heavy (non-hydrogen) atoms. The van der Waals surface area contributed by atoms with Crippen LogP contribution in [-0.4, -0.2) is 4.57 Å². The molecule has 0 spiro atoms. The normalized spacial score (nSPS) is 12.7. The summed E-state index contributed by atoms with van der Waals surface area (Å²) in [7, 11) is 0.